The topological polar surface area (TPSA) is 69.6 Å². The molecule has 0 saturated carbocycles. The zero-order chi connectivity index (χ0) is 17.5. The van der Waals surface area contributed by atoms with Gasteiger partial charge in [0.2, 0.25) is 11.8 Å². The molecule has 5 nitrogen and oxygen atoms in total. The number of piperidine rings is 1. The second-order valence-corrected chi connectivity index (χ2v) is 6.59. The first-order chi connectivity index (χ1) is 11.6. The number of likely N-dealkylation sites (tertiary alicyclic amines) is 1. The highest BCUT2D eigenvalue weighted by atomic mass is 16.3. The third-order valence-corrected chi connectivity index (χ3v) is 4.84. The maximum atomic E-state index is 12.6. The standard InChI is InChI=1S/C19H28N2O3/c1-3-14(2)19(24)21-11-7-10-16(12-21)18(23)20-17(13-22)15-8-5-4-6-9-15/h4-6,8-9,14,16-17,22H,3,7,10-13H2,1-2H3,(H,20,23)/t14?,16?,17-/m1/s1. The predicted octanol–water partition coefficient (Wildman–Crippen LogP) is 2.12. The van der Waals surface area contributed by atoms with E-state index >= 15 is 0 Å². The van der Waals surface area contributed by atoms with Crippen LogP contribution in [0.1, 0.15) is 44.7 Å². The summed E-state index contributed by atoms with van der Waals surface area (Å²) < 4.78 is 0. The summed E-state index contributed by atoms with van der Waals surface area (Å²) in [4.78, 5) is 26.8. The van der Waals surface area contributed by atoms with Gasteiger partial charge in [-0.05, 0) is 24.8 Å². The number of hydrogen-bond acceptors (Lipinski definition) is 3. The minimum Gasteiger partial charge on any atom is -0.394 e. The molecule has 2 unspecified atom stereocenters. The van der Waals surface area contributed by atoms with E-state index in [9.17, 15) is 14.7 Å². The minimum absolute atomic E-state index is 0.00122. The lowest BCUT2D eigenvalue weighted by atomic mass is 9.94. The molecule has 132 valence electrons. The van der Waals surface area contributed by atoms with E-state index in [1.165, 1.54) is 0 Å². The maximum absolute atomic E-state index is 12.6. The van der Waals surface area contributed by atoms with Gasteiger partial charge in [-0.25, -0.2) is 0 Å². The maximum Gasteiger partial charge on any atom is 0.225 e. The second-order valence-electron chi connectivity index (χ2n) is 6.59. The van der Waals surface area contributed by atoms with Gasteiger partial charge in [0.05, 0.1) is 18.6 Å². The molecule has 1 fully saturated rings. The lowest BCUT2D eigenvalue weighted by Gasteiger charge is -2.34. The van der Waals surface area contributed by atoms with Crippen molar-refractivity contribution in [1.82, 2.24) is 10.2 Å². The highest BCUT2D eigenvalue weighted by molar-refractivity contribution is 5.82. The van der Waals surface area contributed by atoms with Crippen molar-refractivity contribution in [2.45, 2.75) is 39.2 Å². The molecule has 1 saturated heterocycles. The van der Waals surface area contributed by atoms with Crippen LogP contribution in [0.3, 0.4) is 0 Å². The molecular weight excluding hydrogens is 304 g/mol. The van der Waals surface area contributed by atoms with E-state index in [1.807, 2.05) is 49.1 Å². The predicted molar refractivity (Wildman–Crippen MR) is 93.2 cm³/mol. The number of rotatable bonds is 6. The summed E-state index contributed by atoms with van der Waals surface area (Å²) in [6.45, 7) is 5.00. The van der Waals surface area contributed by atoms with Crippen molar-refractivity contribution in [3.63, 3.8) is 0 Å². The van der Waals surface area contributed by atoms with Crippen LogP contribution in [0.2, 0.25) is 0 Å². The van der Waals surface area contributed by atoms with E-state index in [-0.39, 0.29) is 30.3 Å². The minimum atomic E-state index is -0.403. The van der Waals surface area contributed by atoms with E-state index < -0.39 is 6.04 Å². The first-order valence-corrected chi connectivity index (χ1v) is 8.81. The molecule has 1 aromatic carbocycles. The zero-order valence-electron chi connectivity index (χ0n) is 14.6. The Morgan fingerprint density at radius 1 is 1.33 bits per heavy atom. The Labute approximate surface area is 144 Å². The number of nitrogens with zero attached hydrogens (tertiary/aromatic N) is 1. The molecule has 3 atom stereocenters. The highest BCUT2D eigenvalue weighted by Gasteiger charge is 2.30. The molecule has 5 heteroatoms. The summed E-state index contributed by atoms with van der Waals surface area (Å²) in [5, 5.41) is 12.5. The Hall–Kier alpha value is -1.88. The van der Waals surface area contributed by atoms with Crippen molar-refractivity contribution in [2.24, 2.45) is 11.8 Å². The summed E-state index contributed by atoms with van der Waals surface area (Å²) >= 11 is 0. The molecule has 2 amide bonds. The highest BCUT2D eigenvalue weighted by Crippen LogP contribution is 2.21. The van der Waals surface area contributed by atoms with Gasteiger partial charge in [-0.2, -0.15) is 0 Å². The Bertz CT molecular complexity index is 547. The first kappa shape index (κ1) is 18.5. The molecular formula is C19H28N2O3. The van der Waals surface area contributed by atoms with Crippen LogP contribution in [0.15, 0.2) is 30.3 Å². The number of aliphatic hydroxyl groups excluding tert-OH is 1. The van der Waals surface area contributed by atoms with Crippen LogP contribution in [-0.4, -0.2) is 41.5 Å². The first-order valence-electron chi connectivity index (χ1n) is 8.81. The fourth-order valence-corrected chi connectivity index (χ4v) is 3.09. The van der Waals surface area contributed by atoms with Crippen molar-refractivity contribution in [3.05, 3.63) is 35.9 Å². The SMILES string of the molecule is CCC(C)C(=O)N1CCCC(C(=O)N[C@H](CO)c2ccccc2)C1. The van der Waals surface area contributed by atoms with Gasteiger partial charge >= 0.3 is 0 Å². The Morgan fingerprint density at radius 3 is 2.67 bits per heavy atom. The summed E-state index contributed by atoms with van der Waals surface area (Å²) in [5.41, 5.74) is 0.886. The Kier molecular flexibility index (Phi) is 6.79. The van der Waals surface area contributed by atoms with Gasteiger partial charge in [0.15, 0.2) is 0 Å². The van der Waals surface area contributed by atoms with Gasteiger partial charge in [-0.3, -0.25) is 9.59 Å². The molecule has 1 aliphatic rings. The van der Waals surface area contributed by atoms with Crippen molar-refractivity contribution < 1.29 is 14.7 Å². The van der Waals surface area contributed by atoms with Gasteiger partial charge in [-0.15, -0.1) is 0 Å². The number of hydrogen-bond donors (Lipinski definition) is 2. The monoisotopic (exact) mass is 332 g/mol. The van der Waals surface area contributed by atoms with Crippen molar-refractivity contribution in [2.75, 3.05) is 19.7 Å². The molecule has 0 aromatic heterocycles. The third kappa shape index (κ3) is 4.57. The molecule has 0 spiro atoms. The van der Waals surface area contributed by atoms with Gasteiger partial charge in [0, 0.05) is 19.0 Å². The number of benzene rings is 1. The van der Waals surface area contributed by atoms with Crippen LogP contribution in [0, 0.1) is 11.8 Å². The number of nitrogens with one attached hydrogen (secondary N) is 1. The molecule has 24 heavy (non-hydrogen) atoms. The number of amides is 2. The lowest BCUT2D eigenvalue weighted by molar-refractivity contribution is -0.139. The smallest absolute Gasteiger partial charge is 0.225 e. The van der Waals surface area contributed by atoms with Gasteiger partial charge in [0.1, 0.15) is 0 Å². The number of aliphatic hydroxyl groups is 1. The van der Waals surface area contributed by atoms with Crippen LogP contribution >= 0.6 is 0 Å². The van der Waals surface area contributed by atoms with E-state index in [1.54, 1.807) is 0 Å². The summed E-state index contributed by atoms with van der Waals surface area (Å²) in [5.74, 6) is -0.151. The molecule has 1 heterocycles. The average molecular weight is 332 g/mol. The second kappa shape index (κ2) is 8.83. The average Bonchev–Trinajstić information content (AvgIpc) is 2.65. The fraction of sp³-hybridized carbons (Fsp3) is 0.579. The molecule has 1 aromatic rings. The summed E-state index contributed by atoms with van der Waals surface area (Å²) in [6.07, 6.45) is 2.44. The van der Waals surface area contributed by atoms with Gasteiger partial charge in [0.25, 0.3) is 0 Å². The molecule has 0 bridgehead atoms. The molecule has 2 N–H and O–H groups in total. The van der Waals surface area contributed by atoms with E-state index in [0.29, 0.717) is 6.54 Å². The molecule has 2 rings (SSSR count). The molecule has 0 aliphatic carbocycles. The quantitative estimate of drug-likeness (QED) is 0.838. The van der Waals surface area contributed by atoms with Crippen LogP contribution in [-0.2, 0) is 9.59 Å². The van der Waals surface area contributed by atoms with E-state index in [4.69, 9.17) is 0 Å². The Balaban J connectivity index is 1.97. The number of carbonyl (C=O) groups is 2. The van der Waals surface area contributed by atoms with Crippen molar-refractivity contribution in [3.8, 4) is 0 Å². The van der Waals surface area contributed by atoms with Gasteiger partial charge < -0.3 is 15.3 Å². The Morgan fingerprint density at radius 2 is 2.04 bits per heavy atom. The van der Waals surface area contributed by atoms with Crippen molar-refractivity contribution in [1.29, 1.82) is 0 Å². The van der Waals surface area contributed by atoms with Gasteiger partial charge in [-0.1, -0.05) is 44.2 Å². The van der Waals surface area contributed by atoms with Crippen molar-refractivity contribution >= 4 is 11.8 Å². The fourth-order valence-electron chi connectivity index (χ4n) is 3.09. The van der Waals surface area contributed by atoms with Crippen LogP contribution < -0.4 is 5.32 Å². The van der Waals surface area contributed by atoms with Crippen LogP contribution in [0.4, 0.5) is 0 Å². The third-order valence-electron chi connectivity index (χ3n) is 4.84. The lowest BCUT2D eigenvalue weighted by Crippen LogP contribution is -2.47. The van der Waals surface area contributed by atoms with E-state index in [2.05, 4.69) is 5.32 Å². The molecule has 0 radical (unpaired) electrons. The summed E-state index contributed by atoms with van der Waals surface area (Å²) in [7, 11) is 0. The summed E-state index contributed by atoms with van der Waals surface area (Å²) in [6, 6.07) is 9.05. The normalized spacial score (nSPS) is 20.3. The largest absolute Gasteiger partial charge is 0.394 e. The number of carbonyl (C=O) groups excluding carboxylic acids is 2. The van der Waals surface area contributed by atoms with Crippen LogP contribution in [0.25, 0.3) is 0 Å². The van der Waals surface area contributed by atoms with E-state index in [0.717, 1.165) is 31.4 Å². The molecule has 1 aliphatic heterocycles. The zero-order valence-corrected chi connectivity index (χ0v) is 14.6. The van der Waals surface area contributed by atoms with Crippen LogP contribution in [0.5, 0.6) is 0 Å².